The van der Waals surface area contributed by atoms with Crippen molar-refractivity contribution in [3.05, 3.63) is 53.3 Å². The van der Waals surface area contributed by atoms with Gasteiger partial charge in [0, 0.05) is 18.9 Å². The molecule has 0 unspecified atom stereocenters. The maximum absolute atomic E-state index is 9.06. The van der Waals surface area contributed by atoms with Gasteiger partial charge in [-0.2, -0.15) is 5.26 Å². The van der Waals surface area contributed by atoms with Crippen molar-refractivity contribution < 1.29 is 0 Å². The molecule has 0 aliphatic carbocycles. The summed E-state index contributed by atoms with van der Waals surface area (Å²) in [6.45, 7) is 2.67. The zero-order valence-electron chi connectivity index (χ0n) is 9.12. The molecule has 0 amide bonds. The third kappa shape index (κ3) is 2.06. The highest BCUT2D eigenvalue weighted by Gasteiger charge is 2.03. The van der Waals surface area contributed by atoms with Gasteiger partial charge in [-0.15, -0.1) is 0 Å². The molecule has 2 aromatic rings. The summed E-state index contributed by atoms with van der Waals surface area (Å²) in [6.07, 6.45) is 3.83. The zero-order chi connectivity index (χ0) is 11.4. The number of hydrogen-bond acceptors (Lipinski definition) is 2. The number of rotatable bonds is 3. The maximum Gasteiger partial charge on any atom is 0.102 e. The van der Waals surface area contributed by atoms with Crippen LogP contribution in [0.1, 0.15) is 16.7 Å². The Labute approximate surface area is 94.7 Å². The lowest BCUT2D eigenvalue weighted by molar-refractivity contribution is 1.15. The minimum absolute atomic E-state index is 0.720. The number of aromatic amines is 1. The van der Waals surface area contributed by atoms with E-state index in [2.05, 4.69) is 16.4 Å². The number of hydrogen-bond donors (Lipinski definition) is 2. The Morgan fingerprint density at radius 3 is 2.94 bits per heavy atom. The number of anilines is 1. The van der Waals surface area contributed by atoms with E-state index in [1.54, 1.807) is 0 Å². The molecule has 3 nitrogen and oxygen atoms in total. The van der Waals surface area contributed by atoms with Crippen LogP contribution in [0, 0.1) is 18.3 Å². The fraction of sp³-hybridized carbons (Fsp3) is 0.154. The Kier molecular flexibility index (Phi) is 2.93. The quantitative estimate of drug-likeness (QED) is 0.820. The molecular weight excluding hydrogens is 198 g/mol. The number of nitriles is 1. The molecular formula is C13H13N3. The Hall–Kier alpha value is -2.21. The van der Waals surface area contributed by atoms with Crippen LogP contribution in [0.3, 0.4) is 0 Å². The molecule has 3 heteroatoms. The van der Waals surface area contributed by atoms with E-state index in [0.717, 1.165) is 23.4 Å². The third-order valence-electron chi connectivity index (χ3n) is 2.53. The predicted molar refractivity (Wildman–Crippen MR) is 64.0 cm³/mol. The molecule has 0 aliphatic heterocycles. The first-order valence-corrected chi connectivity index (χ1v) is 5.16. The summed E-state index contributed by atoms with van der Waals surface area (Å²) in [5.41, 5.74) is 3.79. The van der Waals surface area contributed by atoms with E-state index in [0.29, 0.717) is 0 Å². The Morgan fingerprint density at radius 2 is 2.25 bits per heavy atom. The average Bonchev–Trinajstić information content (AvgIpc) is 2.79. The van der Waals surface area contributed by atoms with Gasteiger partial charge in [-0.05, 0) is 30.2 Å². The molecule has 2 N–H and O–H groups in total. The van der Waals surface area contributed by atoms with E-state index in [1.807, 2.05) is 43.6 Å². The molecule has 0 spiro atoms. The van der Waals surface area contributed by atoms with Crippen LogP contribution in [-0.4, -0.2) is 4.98 Å². The first kappa shape index (κ1) is 10.3. The lowest BCUT2D eigenvalue weighted by Crippen LogP contribution is -2.01. The van der Waals surface area contributed by atoms with Gasteiger partial charge < -0.3 is 10.3 Å². The Bertz CT molecular complexity index is 506. The van der Waals surface area contributed by atoms with Crippen LogP contribution in [0.25, 0.3) is 0 Å². The summed E-state index contributed by atoms with van der Waals surface area (Å²) in [5, 5.41) is 12.3. The van der Waals surface area contributed by atoms with E-state index < -0.39 is 0 Å². The molecule has 0 atom stereocenters. The minimum atomic E-state index is 0.720. The molecule has 16 heavy (non-hydrogen) atoms. The Morgan fingerprint density at radius 1 is 1.38 bits per heavy atom. The van der Waals surface area contributed by atoms with Crippen LogP contribution in [0.15, 0.2) is 36.7 Å². The van der Waals surface area contributed by atoms with Gasteiger partial charge in [0.25, 0.3) is 0 Å². The van der Waals surface area contributed by atoms with Crippen LogP contribution < -0.4 is 5.32 Å². The number of aromatic nitrogens is 1. The molecule has 1 heterocycles. The van der Waals surface area contributed by atoms with Gasteiger partial charge >= 0.3 is 0 Å². The van der Waals surface area contributed by atoms with Gasteiger partial charge in [-0.3, -0.25) is 0 Å². The van der Waals surface area contributed by atoms with E-state index in [1.165, 1.54) is 5.56 Å². The summed E-state index contributed by atoms with van der Waals surface area (Å²) < 4.78 is 0. The smallest absolute Gasteiger partial charge is 0.102 e. The number of nitrogens with one attached hydrogen (secondary N) is 2. The maximum atomic E-state index is 9.06. The Balaban J connectivity index is 2.16. The molecule has 0 radical (unpaired) electrons. The van der Waals surface area contributed by atoms with Crippen LogP contribution in [0.2, 0.25) is 0 Å². The highest BCUT2D eigenvalue weighted by Crippen LogP contribution is 2.18. The third-order valence-corrected chi connectivity index (χ3v) is 2.53. The van der Waals surface area contributed by atoms with Crippen molar-refractivity contribution in [1.82, 2.24) is 4.98 Å². The van der Waals surface area contributed by atoms with Gasteiger partial charge in [0.2, 0.25) is 0 Å². The van der Waals surface area contributed by atoms with Crippen molar-refractivity contribution in [2.24, 2.45) is 0 Å². The van der Waals surface area contributed by atoms with Gasteiger partial charge in [-0.1, -0.05) is 12.1 Å². The number of nitrogens with zero attached hydrogens (tertiary/aromatic N) is 1. The van der Waals surface area contributed by atoms with E-state index in [-0.39, 0.29) is 0 Å². The van der Waals surface area contributed by atoms with Crippen molar-refractivity contribution in [3.63, 3.8) is 0 Å². The molecule has 80 valence electrons. The topological polar surface area (TPSA) is 51.6 Å². The summed E-state index contributed by atoms with van der Waals surface area (Å²) >= 11 is 0. The van der Waals surface area contributed by atoms with Crippen molar-refractivity contribution in [1.29, 1.82) is 5.26 Å². The highest BCUT2D eigenvalue weighted by atomic mass is 14.9. The summed E-state index contributed by atoms with van der Waals surface area (Å²) in [5.74, 6) is 0. The largest absolute Gasteiger partial charge is 0.380 e. The van der Waals surface area contributed by atoms with Crippen molar-refractivity contribution >= 4 is 5.69 Å². The monoisotopic (exact) mass is 211 g/mol. The molecule has 1 aromatic heterocycles. The van der Waals surface area contributed by atoms with Crippen molar-refractivity contribution in [2.75, 3.05) is 5.32 Å². The fourth-order valence-corrected chi connectivity index (χ4v) is 1.63. The predicted octanol–water partition coefficient (Wildman–Crippen LogP) is 2.81. The van der Waals surface area contributed by atoms with Gasteiger partial charge in [0.15, 0.2) is 0 Å². The second kappa shape index (κ2) is 4.54. The lowest BCUT2D eigenvalue weighted by atomic mass is 10.1. The van der Waals surface area contributed by atoms with E-state index >= 15 is 0 Å². The van der Waals surface area contributed by atoms with E-state index in [4.69, 9.17) is 5.26 Å². The van der Waals surface area contributed by atoms with Crippen molar-refractivity contribution in [3.8, 4) is 6.07 Å². The van der Waals surface area contributed by atoms with Crippen LogP contribution in [0.5, 0.6) is 0 Å². The molecule has 0 saturated carbocycles. The van der Waals surface area contributed by atoms with Crippen LogP contribution in [0.4, 0.5) is 5.69 Å². The molecule has 0 bridgehead atoms. The highest BCUT2D eigenvalue weighted by molar-refractivity contribution is 5.60. The van der Waals surface area contributed by atoms with Crippen LogP contribution in [-0.2, 0) is 6.54 Å². The summed E-state index contributed by atoms with van der Waals surface area (Å²) in [6, 6.07) is 10.1. The lowest BCUT2D eigenvalue weighted by Gasteiger charge is -2.08. The number of H-pyrrole nitrogens is 1. The first-order valence-electron chi connectivity index (χ1n) is 5.16. The second-order valence-electron chi connectivity index (χ2n) is 3.68. The summed E-state index contributed by atoms with van der Waals surface area (Å²) in [7, 11) is 0. The number of aryl methyl sites for hydroxylation is 1. The standard InChI is InChI=1S/C13H13N3/c1-10-3-2-4-13(12(10)7-14)16-9-11-5-6-15-8-11/h2-6,8,15-16H,9H2,1H3. The molecule has 2 rings (SSSR count). The molecule has 0 fully saturated rings. The minimum Gasteiger partial charge on any atom is -0.380 e. The van der Waals surface area contributed by atoms with Gasteiger partial charge in [0.05, 0.1) is 11.3 Å². The molecule has 0 saturated heterocycles. The normalized spacial score (nSPS) is 9.75. The summed E-state index contributed by atoms with van der Waals surface area (Å²) in [4.78, 5) is 3.00. The van der Waals surface area contributed by atoms with Gasteiger partial charge in [0.1, 0.15) is 6.07 Å². The second-order valence-corrected chi connectivity index (χ2v) is 3.68. The zero-order valence-corrected chi connectivity index (χ0v) is 9.12. The molecule has 0 aliphatic rings. The fourth-order valence-electron chi connectivity index (χ4n) is 1.63. The van der Waals surface area contributed by atoms with E-state index in [9.17, 15) is 0 Å². The van der Waals surface area contributed by atoms with Gasteiger partial charge in [-0.25, -0.2) is 0 Å². The SMILES string of the molecule is Cc1cccc(NCc2cc[nH]c2)c1C#N. The number of benzene rings is 1. The van der Waals surface area contributed by atoms with Crippen molar-refractivity contribution in [2.45, 2.75) is 13.5 Å². The van der Waals surface area contributed by atoms with Crippen LogP contribution >= 0.6 is 0 Å². The average molecular weight is 211 g/mol. The first-order chi connectivity index (χ1) is 7.81. The molecule has 1 aromatic carbocycles.